The van der Waals surface area contributed by atoms with Crippen LogP contribution in [-0.2, 0) is 33.2 Å². The predicted molar refractivity (Wildman–Crippen MR) is 119 cm³/mol. The lowest BCUT2D eigenvalue weighted by Crippen LogP contribution is -2.15. The van der Waals surface area contributed by atoms with E-state index in [1.807, 2.05) is 0 Å². The molecule has 0 radical (unpaired) electrons. The monoisotopic (exact) mass is 450 g/mol. The number of aliphatic hydroxyl groups excluding tert-OH is 1. The zero-order valence-corrected chi connectivity index (χ0v) is 19.7. The van der Waals surface area contributed by atoms with Crippen molar-refractivity contribution in [3.63, 3.8) is 0 Å². The van der Waals surface area contributed by atoms with Gasteiger partial charge in [-0.25, -0.2) is 0 Å². The van der Waals surface area contributed by atoms with Crippen molar-refractivity contribution in [2.75, 3.05) is 79.3 Å². The van der Waals surface area contributed by atoms with Crippen molar-refractivity contribution in [1.29, 1.82) is 0 Å². The molecule has 0 aliphatic rings. The third-order valence-corrected chi connectivity index (χ3v) is 4.45. The minimum Gasteiger partial charge on any atom is -0.463 e. The van der Waals surface area contributed by atoms with Gasteiger partial charge in [-0.05, 0) is 6.42 Å². The fraction of sp³-hybridized carbons (Fsp3) is 0.957. The Kier molecular flexibility index (Phi) is 26.6. The number of unbranched alkanes of at least 4 members (excludes halogenated alkanes) is 7. The Morgan fingerprint density at radius 3 is 1.39 bits per heavy atom. The number of aliphatic hydroxyl groups is 1. The van der Waals surface area contributed by atoms with Crippen molar-refractivity contribution in [2.24, 2.45) is 0 Å². The van der Waals surface area contributed by atoms with Crippen LogP contribution >= 0.6 is 0 Å². The minimum absolute atomic E-state index is 0.0288. The van der Waals surface area contributed by atoms with Gasteiger partial charge in [0.05, 0.1) is 72.7 Å². The molecule has 8 nitrogen and oxygen atoms in total. The molecule has 0 spiro atoms. The number of ether oxygens (including phenoxy) is 6. The normalized spacial score (nSPS) is 11.2. The summed E-state index contributed by atoms with van der Waals surface area (Å²) in [6.07, 6.45) is 10.2. The van der Waals surface area contributed by atoms with Gasteiger partial charge in [-0.3, -0.25) is 4.79 Å². The van der Waals surface area contributed by atoms with Crippen LogP contribution in [0, 0.1) is 0 Å². The molecule has 0 atom stereocenters. The molecule has 186 valence electrons. The first-order chi connectivity index (χ1) is 15.3. The molecule has 0 saturated heterocycles. The van der Waals surface area contributed by atoms with Crippen molar-refractivity contribution < 1.29 is 38.3 Å². The van der Waals surface area contributed by atoms with Gasteiger partial charge < -0.3 is 33.5 Å². The van der Waals surface area contributed by atoms with Crippen molar-refractivity contribution in [2.45, 2.75) is 64.7 Å². The van der Waals surface area contributed by atoms with E-state index in [2.05, 4.69) is 6.92 Å². The van der Waals surface area contributed by atoms with Crippen LogP contribution in [-0.4, -0.2) is 90.4 Å². The average Bonchev–Trinajstić information content (AvgIpc) is 2.77. The molecule has 0 heterocycles. The highest BCUT2D eigenvalue weighted by atomic mass is 16.6. The summed E-state index contributed by atoms with van der Waals surface area (Å²) in [4.78, 5) is 11.6. The Labute approximate surface area is 188 Å². The van der Waals surface area contributed by atoms with E-state index in [4.69, 9.17) is 33.5 Å². The lowest BCUT2D eigenvalue weighted by molar-refractivity contribution is -0.145. The van der Waals surface area contributed by atoms with Crippen molar-refractivity contribution >= 4 is 5.97 Å². The van der Waals surface area contributed by atoms with Crippen LogP contribution in [0.2, 0.25) is 0 Å². The maximum atomic E-state index is 11.6. The minimum atomic E-state index is -0.135. The van der Waals surface area contributed by atoms with Gasteiger partial charge in [-0.2, -0.15) is 0 Å². The highest BCUT2D eigenvalue weighted by molar-refractivity contribution is 5.69. The molecule has 0 aromatic heterocycles. The molecule has 0 aliphatic carbocycles. The molecule has 0 unspecified atom stereocenters. The van der Waals surface area contributed by atoms with E-state index in [9.17, 15) is 4.79 Å². The van der Waals surface area contributed by atoms with Crippen LogP contribution in [0.25, 0.3) is 0 Å². The molecule has 0 bridgehead atoms. The summed E-state index contributed by atoms with van der Waals surface area (Å²) in [7, 11) is 0. The summed E-state index contributed by atoms with van der Waals surface area (Å²) in [6.45, 7) is 7.20. The number of carbonyl (C=O) groups is 1. The van der Waals surface area contributed by atoms with Crippen LogP contribution in [0.1, 0.15) is 64.7 Å². The lowest BCUT2D eigenvalue weighted by atomic mass is 10.1. The summed E-state index contributed by atoms with van der Waals surface area (Å²) in [5.74, 6) is -0.135. The molecule has 31 heavy (non-hydrogen) atoms. The Bertz CT molecular complexity index is 354. The molecule has 0 rings (SSSR count). The van der Waals surface area contributed by atoms with Gasteiger partial charge in [0.2, 0.25) is 0 Å². The zero-order valence-electron chi connectivity index (χ0n) is 19.7. The zero-order chi connectivity index (χ0) is 22.7. The first-order valence-corrected chi connectivity index (χ1v) is 12.0. The van der Waals surface area contributed by atoms with Crippen molar-refractivity contribution in [1.82, 2.24) is 0 Å². The molecule has 1 N–H and O–H groups in total. The van der Waals surface area contributed by atoms with E-state index in [1.165, 1.54) is 38.5 Å². The molecule has 0 aromatic carbocycles. The maximum Gasteiger partial charge on any atom is 0.305 e. The molecule has 0 saturated carbocycles. The maximum absolute atomic E-state index is 11.6. The van der Waals surface area contributed by atoms with E-state index in [0.717, 1.165) is 12.8 Å². The van der Waals surface area contributed by atoms with Gasteiger partial charge in [0.15, 0.2) is 0 Å². The summed E-state index contributed by atoms with van der Waals surface area (Å²) < 4.78 is 31.7. The molecular weight excluding hydrogens is 404 g/mol. The van der Waals surface area contributed by atoms with Crippen LogP contribution in [0.5, 0.6) is 0 Å². The smallest absolute Gasteiger partial charge is 0.305 e. The van der Waals surface area contributed by atoms with Gasteiger partial charge >= 0.3 is 5.97 Å². The fourth-order valence-corrected chi connectivity index (χ4v) is 2.74. The summed E-state index contributed by atoms with van der Waals surface area (Å²) in [6, 6.07) is 0. The second kappa shape index (κ2) is 27.3. The third-order valence-electron chi connectivity index (χ3n) is 4.45. The van der Waals surface area contributed by atoms with E-state index in [1.54, 1.807) is 0 Å². The quantitative estimate of drug-likeness (QED) is 0.159. The van der Waals surface area contributed by atoms with E-state index in [-0.39, 0.29) is 12.6 Å². The number of esters is 1. The predicted octanol–water partition coefficient (Wildman–Crippen LogP) is 3.14. The van der Waals surface area contributed by atoms with Gasteiger partial charge in [-0.1, -0.05) is 51.9 Å². The van der Waals surface area contributed by atoms with Crippen molar-refractivity contribution in [3.05, 3.63) is 0 Å². The Morgan fingerprint density at radius 2 is 0.935 bits per heavy atom. The number of hydrogen-bond acceptors (Lipinski definition) is 8. The van der Waals surface area contributed by atoms with E-state index in [0.29, 0.717) is 79.1 Å². The van der Waals surface area contributed by atoms with E-state index >= 15 is 0 Å². The second-order valence-corrected chi connectivity index (χ2v) is 7.23. The van der Waals surface area contributed by atoms with Gasteiger partial charge in [-0.15, -0.1) is 0 Å². The first-order valence-electron chi connectivity index (χ1n) is 12.0. The lowest BCUT2D eigenvalue weighted by Gasteiger charge is -2.08. The number of hydrogen-bond donors (Lipinski definition) is 1. The highest BCUT2D eigenvalue weighted by Crippen LogP contribution is 2.09. The van der Waals surface area contributed by atoms with Crippen LogP contribution in [0.3, 0.4) is 0 Å². The number of rotatable bonds is 26. The molecule has 0 amide bonds. The molecule has 0 fully saturated rings. The third kappa shape index (κ3) is 27.2. The van der Waals surface area contributed by atoms with Crippen molar-refractivity contribution in [3.8, 4) is 0 Å². The Hall–Kier alpha value is -0.770. The first kappa shape index (κ1) is 30.2. The summed E-state index contributed by atoms with van der Waals surface area (Å²) in [5.41, 5.74) is 0. The molecular formula is C23H46O8. The average molecular weight is 451 g/mol. The summed E-state index contributed by atoms with van der Waals surface area (Å²) >= 11 is 0. The van der Waals surface area contributed by atoms with Crippen LogP contribution in [0.15, 0.2) is 0 Å². The fourth-order valence-electron chi connectivity index (χ4n) is 2.74. The Morgan fingerprint density at radius 1 is 0.548 bits per heavy atom. The number of carbonyl (C=O) groups excluding carboxylic acids is 1. The van der Waals surface area contributed by atoms with E-state index < -0.39 is 0 Å². The highest BCUT2D eigenvalue weighted by Gasteiger charge is 2.02. The van der Waals surface area contributed by atoms with Gasteiger partial charge in [0, 0.05) is 6.42 Å². The molecule has 0 aromatic rings. The SMILES string of the molecule is CCCCCCCCCCC(=O)OCCOCCOCCOCCOCCOCCO. The largest absolute Gasteiger partial charge is 0.463 e. The Balaban J connectivity index is 3.11. The topological polar surface area (TPSA) is 92.7 Å². The molecule has 0 aliphatic heterocycles. The molecule has 8 heteroatoms. The standard InChI is InChI=1S/C23H46O8/c1-2-3-4-5-6-7-8-9-10-23(25)31-22-21-30-20-19-29-18-17-28-16-15-27-14-13-26-12-11-24/h24H,2-22H2,1H3. The second-order valence-electron chi connectivity index (χ2n) is 7.23. The van der Waals surface area contributed by atoms with Gasteiger partial charge in [0.25, 0.3) is 0 Å². The van der Waals surface area contributed by atoms with Crippen LogP contribution in [0.4, 0.5) is 0 Å². The van der Waals surface area contributed by atoms with Gasteiger partial charge in [0.1, 0.15) is 6.61 Å². The van der Waals surface area contributed by atoms with Crippen LogP contribution < -0.4 is 0 Å². The summed E-state index contributed by atoms with van der Waals surface area (Å²) in [5, 5.41) is 8.54.